The molecule has 0 aromatic heterocycles. The van der Waals surface area contributed by atoms with Gasteiger partial charge in [0.25, 0.3) is 0 Å². The number of hydrogen-bond donors (Lipinski definition) is 0. The molecule has 0 bridgehead atoms. The molecule has 0 fully saturated rings. The zero-order chi connectivity index (χ0) is 15.2. The van der Waals surface area contributed by atoms with Crippen LogP contribution in [-0.2, 0) is 11.9 Å². The second-order valence-electron chi connectivity index (χ2n) is 4.33. The molecule has 2 aromatic rings. The van der Waals surface area contributed by atoms with Gasteiger partial charge in [0.05, 0.1) is 12.0 Å². The minimum Gasteiger partial charge on any atom is -0.490 e. The van der Waals surface area contributed by atoms with Gasteiger partial charge in [-0.15, -0.1) is 0 Å². The van der Waals surface area contributed by atoms with E-state index in [-0.39, 0.29) is 18.0 Å². The smallest absolute Gasteiger partial charge is 0.311 e. The molecule has 2 aromatic carbocycles. The number of methoxy groups -OCH3 is 1. The maximum absolute atomic E-state index is 11.0. The van der Waals surface area contributed by atoms with Crippen LogP contribution in [0.2, 0.25) is 0 Å². The van der Waals surface area contributed by atoms with Crippen molar-refractivity contribution in [2.24, 2.45) is 0 Å². The highest BCUT2D eigenvalue weighted by Gasteiger charge is 2.15. The van der Waals surface area contributed by atoms with Crippen molar-refractivity contribution in [2.45, 2.75) is 11.9 Å². The summed E-state index contributed by atoms with van der Waals surface area (Å²) in [7, 11) is 1.41. The number of nitro groups is 1. The monoisotopic (exact) mass is 351 g/mol. The SMILES string of the molecule is COc1ccc(COc2ccc(CBr)cc2)cc1[N+](=O)[O-]. The number of halogens is 1. The highest BCUT2D eigenvalue weighted by Crippen LogP contribution is 2.28. The predicted molar refractivity (Wildman–Crippen MR) is 83.1 cm³/mol. The number of hydrogen-bond acceptors (Lipinski definition) is 4. The molecule has 0 aliphatic heterocycles. The first kappa shape index (κ1) is 15.3. The topological polar surface area (TPSA) is 61.6 Å². The molecule has 0 spiro atoms. The van der Waals surface area contributed by atoms with Gasteiger partial charge in [0, 0.05) is 11.4 Å². The molecule has 0 radical (unpaired) electrons. The van der Waals surface area contributed by atoms with E-state index in [4.69, 9.17) is 9.47 Å². The number of benzene rings is 2. The summed E-state index contributed by atoms with van der Waals surface area (Å²) in [5.41, 5.74) is 1.81. The zero-order valence-electron chi connectivity index (χ0n) is 11.4. The third-order valence-electron chi connectivity index (χ3n) is 2.92. The van der Waals surface area contributed by atoms with Crippen LogP contribution < -0.4 is 9.47 Å². The van der Waals surface area contributed by atoms with Crippen LogP contribution in [0.15, 0.2) is 42.5 Å². The predicted octanol–water partition coefficient (Wildman–Crippen LogP) is 4.08. The van der Waals surface area contributed by atoms with Crippen molar-refractivity contribution in [3.63, 3.8) is 0 Å². The molecule has 2 rings (SSSR count). The Morgan fingerprint density at radius 3 is 2.38 bits per heavy atom. The van der Waals surface area contributed by atoms with Crippen molar-refractivity contribution < 1.29 is 14.4 Å². The number of nitro benzene ring substituents is 1. The minimum absolute atomic E-state index is 0.0618. The Morgan fingerprint density at radius 1 is 1.14 bits per heavy atom. The van der Waals surface area contributed by atoms with Crippen molar-refractivity contribution in [3.05, 3.63) is 63.7 Å². The molecule has 0 aliphatic carbocycles. The lowest BCUT2D eigenvalue weighted by atomic mass is 10.2. The number of alkyl halides is 1. The van der Waals surface area contributed by atoms with E-state index in [1.165, 1.54) is 13.2 Å². The lowest BCUT2D eigenvalue weighted by molar-refractivity contribution is -0.385. The van der Waals surface area contributed by atoms with E-state index in [1.807, 2.05) is 24.3 Å². The second kappa shape index (κ2) is 7.08. The van der Waals surface area contributed by atoms with Gasteiger partial charge in [0.1, 0.15) is 12.4 Å². The van der Waals surface area contributed by atoms with Crippen LogP contribution in [0.1, 0.15) is 11.1 Å². The Balaban J connectivity index is 2.08. The van der Waals surface area contributed by atoms with Gasteiger partial charge in [0.15, 0.2) is 5.75 Å². The van der Waals surface area contributed by atoms with Crippen molar-refractivity contribution in [1.29, 1.82) is 0 Å². The molecule has 110 valence electrons. The van der Waals surface area contributed by atoms with Crippen LogP contribution in [0, 0.1) is 10.1 Å². The summed E-state index contributed by atoms with van der Waals surface area (Å²) in [4.78, 5) is 10.5. The van der Waals surface area contributed by atoms with E-state index in [2.05, 4.69) is 15.9 Å². The lowest BCUT2D eigenvalue weighted by Crippen LogP contribution is -1.99. The maximum Gasteiger partial charge on any atom is 0.311 e. The van der Waals surface area contributed by atoms with Crippen LogP contribution >= 0.6 is 15.9 Å². The standard InChI is InChI=1S/C15H14BrNO4/c1-20-15-7-4-12(8-14(15)17(18)19)10-21-13-5-2-11(9-16)3-6-13/h2-8H,9-10H2,1H3. The molecule has 0 unspecified atom stereocenters. The molecular weight excluding hydrogens is 338 g/mol. The van der Waals surface area contributed by atoms with Gasteiger partial charge in [-0.05, 0) is 29.3 Å². The summed E-state index contributed by atoms with van der Waals surface area (Å²) in [5.74, 6) is 0.962. The third-order valence-corrected chi connectivity index (χ3v) is 3.57. The largest absolute Gasteiger partial charge is 0.490 e. The van der Waals surface area contributed by atoms with Crippen LogP contribution in [-0.4, -0.2) is 12.0 Å². The molecule has 0 aliphatic rings. The average Bonchev–Trinajstić information content (AvgIpc) is 2.53. The van der Waals surface area contributed by atoms with Gasteiger partial charge in [-0.3, -0.25) is 10.1 Å². The Bertz CT molecular complexity index is 628. The van der Waals surface area contributed by atoms with E-state index in [0.29, 0.717) is 5.56 Å². The van der Waals surface area contributed by atoms with E-state index < -0.39 is 4.92 Å². The average molecular weight is 352 g/mol. The Hall–Kier alpha value is -2.08. The highest BCUT2D eigenvalue weighted by molar-refractivity contribution is 9.08. The lowest BCUT2D eigenvalue weighted by Gasteiger charge is -2.08. The molecule has 0 N–H and O–H groups in total. The van der Waals surface area contributed by atoms with E-state index in [1.54, 1.807) is 12.1 Å². The van der Waals surface area contributed by atoms with Crippen LogP contribution in [0.3, 0.4) is 0 Å². The van der Waals surface area contributed by atoms with E-state index in [0.717, 1.165) is 16.6 Å². The summed E-state index contributed by atoms with van der Waals surface area (Å²) in [5, 5.41) is 11.7. The van der Waals surface area contributed by atoms with Crippen LogP contribution in [0.4, 0.5) is 5.69 Å². The van der Waals surface area contributed by atoms with Gasteiger partial charge < -0.3 is 9.47 Å². The van der Waals surface area contributed by atoms with Gasteiger partial charge in [0.2, 0.25) is 0 Å². The summed E-state index contributed by atoms with van der Waals surface area (Å²) in [6.45, 7) is 0.262. The van der Waals surface area contributed by atoms with Crippen molar-refractivity contribution in [3.8, 4) is 11.5 Å². The van der Waals surface area contributed by atoms with E-state index in [9.17, 15) is 10.1 Å². The molecule has 21 heavy (non-hydrogen) atoms. The Morgan fingerprint density at radius 2 is 1.81 bits per heavy atom. The fourth-order valence-electron chi connectivity index (χ4n) is 1.81. The molecule has 5 nitrogen and oxygen atoms in total. The Labute approximate surface area is 130 Å². The number of rotatable bonds is 6. The first-order valence-electron chi connectivity index (χ1n) is 6.23. The van der Waals surface area contributed by atoms with Gasteiger partial charge in [-0.2, -0.15) is 0 Å². The summed E-state index contributed by atoms with van der Waals surface area (Å²) in [6.07, 6.45) is 0. The highest BCUT2D eigenvalue weighted by atomic mass is 79.9. The molecule has 6 heteroatoms. The summed E-state index contributed by atoms with van der Waals surface area (Å²) >= 11 is 3.38. The molecule has 0 atom stereocenters. The fourth-order valence-corrected chi connectivity index (χ4v) is 2.18. The molecule has 0 saturated carbocycles. The van der Waals surface area contributed by atoms with Gasteiger partial charge in [-0.1, -0.05) is 34.1 Å². The van der Waals surface area contributed by atoms with Gasteiger partial charge >= 0.3 is 5.69 Å². The van der Waals surface area contributed by atoms with E-state index >= 15 is 0 Å². The van der Waals surface area contributed by atoms with Gasteiger partial charge in [-0.25, -0.2) is 0 Å². The van der Waals surface area contributed by atoms with Crippen molar-refractivity contribution >= 4 is 21.6 Å². The summed E-state index contributed by atoms with van der Waals surface area (Å²) in [6, 6.07) is 12.4. The number of nitrogens with zero attached hydrogens (tertiary/aromatic N) is 1. The van der Waals surface area contributed by atoms with Crippen molar-refractivity contribution in [2.75, 3.05) is 7.11 Å². The second-order valence-corrected chi connectivity index (χ2v) is 4.89. The fraction of sp³-hybridized carbons (Fsp3) is 0.200. The third kappa shape index (κ3) is 3.95. The zero-order valence-corrected chi connectivity index (χ0v) is 13.0. The first-order valence-corrected chi connectivity index (χ1v) is 7.35. The van der Waals surface area contributed by atoms with Crippen molar-refractivity contribution in [1.82, 2.24) is 0 Å². The molecule has 0 saturated heterocycles. The minimum atomic E-state index is -0.465. The molecule has 0 amide bonds. The quantitative estimate of drug-likeness (QED) is 0.447. The Kier molecular flexibility index (Phi) is 5.16. The molecular formula is C15H14BrNO4. The first-order chi connectivity index (χ1) is 10.1. The maximum atomic E-state index is 11.0. The summed E-state index contributed by atoms with van der Waals surface area (Å²) < 4.78 is 10.6. The molecule has 0 heterocycles. The van der Waals surface area contributed by atoms with Crippen LogP contribution in [0.25, 0.3) is 0 Å². The number of ether oxygens (including phenoxy) is 2. The van der Waals surface area contributed by atoms with Crippen LogP contribution in [0.5, 0.6) is 11.5 Å². The normalized spacial score (nSPS) is 10.2.